The Morgan fingerprint density at radius 3 is 2.50 bits per heavy atom. The number of hydrogen-bond donors (Lipinski definition) is 3. The van der Waals surface area contributed by atoms with Crippen LogP contribution in [0.1, 0.15) is 42.1 Å². The minimum Gasteiger partial charge on any atom is -0.507 e. The summed E-state index contributed by atoms with van der Waals surface area (Å²) in [7, 11) is 0. The van der Waals surface area contributed by atoms with Gasteiger partial charge < -0.3 is 15.5 Å². The second-order valence-electron chi connectivity index (χ2n) is 5.39. The molecule has 2 unspecified atom stereocenters. The van der Waals surface area contributed by atoms with Gasteiger partial charge in [-0.1, -0.05) is 30.3 Å². The van der Waals surface area contributed by atoms with Crippen molar-refractivity contribution < 1.29 is 10.2 Å². The summed E-state index contributed by atoms with van der Waals surface area (Å²) >= 11 is 0. The van der Waals surface area contributed by atoms with E-state index < -0.39 is 0 Å². The largest absolute Gasteiger partial charge is 0.507 e. The van der Waals surface area contributed by atoms with Crippen LogP contribution >= 0.6 is 0 Å². The number of fused-ring (bicyclic) bond motifs is 1. The molecule has 0 radical (unpaired) electrons. The van der Waals surface area contributed by atoms with Crippen LogP contribution < -0.4 is 5.32 Å². The molecule has 3 N–H and O–H groups in total. The summed E-state index contributed by atoms with van der Waals surface area (Å²) in [6, 6.07) is 13.5. The summed E-state index contributed by atoms with van der Waals surface area (Å²) in [4.78, 5) is 0. The first-order chi connectivity index (χ1) is 9.66. The Kier molecular flexibility index (Phi) is 3.36. The van der Waals surface area contributed by atoms with E-state index in [1.807, 2.05) is 6.92 Å². The summed E-state index contributed by atoms with van der Waals surface area (Å²) in [5, 5.41) is 23.4. The maximum absolute atomic E-state index is 9.93. The van der Waals surface area contributed by atoms with Crippen molar-refractivity contribution in [2.75, 3.05) is 0 Å². The lowest BCUT2D eigenvalue weighted by molar-refractivity contribution is 0.400. The van der Waals surface area contributed by atoms with Crippen LogP contribution in [0.3, 0.4) is 0 Å². The zero-order valence-electron chi connectivity index (χ0n) is 11.5. The van der Waals surface area contributed by atoms with E-state index in [-0.39, 0.29) is 23.6 Å². The van der Waals surface area contributed by atoms with Crippen LogP contribution in [0, 0.1) is 0 Å². The van der Waals surface area contributed by atoms with E-state index >= 15 is 0 Å². The van der Waals surface area contributed by atoms with Gasteiger partial charge in [0.2, 0.25) is 0 Å². The van der Waals surface area contributed by atoms with Crippen molar-refractivity contribution in [2.24, 2.45) is 0 Å². The first kappa shape index (κ1) is 13.0. The van der Waals surface area contributed by atoms with E-state index in [1.165, 1.54) is 11.1 Å². The molecular formula is C17H19NO2. The summed E-state index contributed by atoms with van der Waals surface area (Å²) in [6.07, 6.45) is 2.13. The SMILES string of the molecule is CC(NC1CCc2ccccc21)c1c(O)cccc1O. The van der Waals surface area contributed by atoms with E-state index in [4.69, 9.17) is 0 Å². The topological polar surface area (TPSA) is 52.5 Å². The predicted octanol–water partition coefficient (Wildman–Crippen LogP) is 3.44. The minimum atomic E-state index is -0.104. The van der Waals surface area contributed by atoms with E-state index in [9.17, 15) is 10.2 Å². The van der Waals surface area contributed by atoms with Crippen LogP contribution in [0.25, 0.3) is 0 Å². The zero-order valence-corrected chi connectivity index (χ0v) is 11.5. The average Bonchev–Trinajstić information content (AvgIpc) is 2.82. The molecule has 0 amide bonds. The van der Waals surface area contributed by atoms with Gasteiger partial charge in [-0.25, -0.2) is 0 Å². The van der Waals surface area contributed by atoms with Crippen LogP contribution in [0.2, 0.25) is 0 Å². The Hall–Kier alpha value is -2.00. The third kappa shape index (κ3) is 2.25. The third-order valence-electron chi connectivity index (χ3n) is 4.08. The highest BCUT2D eigenvalue weighted by Crippen LogP contribution is 2.37. The number of hydrogen-bond acceptors (Lipinski definition) is 3. The summed E-state index contributed by atoms with van der Waals surface area (Å²) in [5.74, 6) is 0.271. The van der Waals surface area contributed by atoms with Crippen LogP contribution in [0.15, 0.2) is 42.5 Å². The first-order valence-corrected chi connectivity index (χ1v) is 7.01. The predicted molar refractivity (Wildman–Crippen MR) is 78.8 cm³/mol. The van der Waals surface area contributed by atoms with Crippen LogP contribution in [-0.4, -0.2) is 10.2 Å². The third-order valence-corrected chi connectivity index (χ3v) is 4.08. The fraction of sp³-hybridized carbons (Fsp3) is 0.294. The van der Waals surface area contributed by atoms with Crippen molar-refractivity contribution in [2.45, 2.75) is 31.8 Å². The molecule has 0 saturated carbocycles. The second-order valence-corrected chi connectivity index (χ2v) is 5.39. The highest BCUT2D eigenvalue weighted by molar-refractivity contribution is 5.45. The molecule has 2 atom stereocenters. The molecule has 3 heteroatoms. The van der Waals surface area contributed by atoms with Crippen LogP contribution in [0.5, 0.6) is 11.5 Å². The average molecular weight is 269 g/mol. The Bertz CT molecular complexity index is 604. The van der Waals surface area contributed by atoms with Gasteiger partial charge in [0.25, 0.3) is 0 Å². The minimum absolute atomic E-state index is 0.104. The number of rotatable bonds is 3. The van der Waals surface area contributed by atoms with Crippen LogP contribution in [-0.2, 0) is 6.42 Å². The number of phenolic OH excluding ortho intramolecular Hbond substituents is 2. The lowest BCUT2D eigenvalue weighted by atomic mass is 10.0. The second kappa shape index (κ2) is 5.17. The fourth-order valence-electron chi connectivity index (χ4n) is 3.10. The van der Waals surface area contributed by atoms with E-state index in [1.54, 1.807) is 18.2 Å². The number of aromatic hydroxyl groups is 2. The lowest BCUT2D eigenvalue weighted by Gasteiger charge is -2.22. The maximum Gasteiger partial charge on any atom is 0.124 e. The standard InChI is InChI=1S/C17H19NO2/c1-11(17-15(19)7-4-8-16(17)20)18-14-10-9-12-5-2-3-6-13(12)14/h2-8,11,14,18-20H,9-10H2,1H3. The molecule has 0 aromatic heterocycles. The Morgan fingerprint density at radius 2 is 1.75 bits per heavy atom. The number of phenols is 2. The van der Waals surface area contributed by atoms with Gasteiger partial charge >= 0.3 is 0 Å². The number of benzene rings is 2. The molecule has 0 bridgehead atoms. The molecule has 0 saturated heterocycles. The normalized spacial score (nSPS) is 18.8. The van der Waals surface area contributed by atoms with Crippen molar-refractivity contribution in [1.82, 2.24) is 5.32 Å². The Labute approximate surface area is 118 Å². The summed E-state index contributed by atoms with van der Waals surface area (Å²) in [5.41, 5.74) is 3.28. The lowest BCUT2D eigenvalue weighted by Crippen LogP contribution is -2.23. The zero-order chi connectivity index (χ0) is 14.1. The smallest absolute Gasteiger partial charge is 0.124 e. The Balaban J connectivity index is 1.82. The molecule has 0 aliphatic heterocycles. The van der Waals surface area contributed by atoms with Crippen LogP contribution in [0.4, 0.5) is 0 Å². The maximum atomic E-state index is 9.93. The molecule has 0 fully saturated rings. The molecule has 2 aromatic rings. The molecule has 104 valence electrons. The van der Waals surface area contributed by atoms with Crippen molar-refractivity contribution >= 4 is 0 Å². The number of nitrogens with one attached hydrogen (secondary N) is 1. The van der Waals surface area contributed by atoms with Gasteiger partial charge in [0.15, 0.2) is 0 Å². The molecule has 2 aromatic carbocycles. The van der Waals surface area contributed by atoms with E-state index in [2.05, 4.69) is 29.6 Å². The monoisotopic (exact) mass is 269 g/mol. The Morgan fingerprint density at radius 1 is 1.05 bits per heavy atom. The first-order valence-electron chi connectivity index (χ1n) is 7.01. The van der Waals surface area contributed by atoms with E-state index in [0.717, 1.165) is 12.8 Å². The van der Waals surface area contributed by atoms with Gasteiger partial charge in [-0.15, -0.1) is 0 Å². The molecule has 20 heavy (non-hydrogen) atoms. The van der Waals surface area contributed by atoms with Crippen molar-refractivity contribution in [1.29, 1.82) is 0 Å². The van der Waals surface area contributed by atoms with Gasteiger partial charge in [0, 0.05) is 12.1 Å². The van der Waals surface area contributed by atoms with Gasteiger partial charge in [0.1, 0.15) is 11.5 Å². The fourth-order valence-corrected chi connectivity index (χ4v) is 3.10. The highest BCUT2D eigenvalue weighted by Gasteiger charge is 2.25. The molecule has 1 aliphatic carbocycles. The quantitative estimate of drug-likeness (QED) is 0.800. The molecular weight excluding hydrogens is 250 g/mol. The molecule has 0 heterocycles. The van der Waals surface area contributed by atoms with Gasteiger partial charge in [-0.3, -0.25) is 0 Å². The summed E-state index contributed by atoms with van der Waals surface area (Å²) in [6.45, 7) is 1.97. The molecule has 3 nitrogen and oxygen atoms in total. The van der Waals surface area contributed by atoms with Crippen molar-refractivity contribution in [3.05, 3.63) is 59.2 Å². The highest BCUT2D eigenvalue weighted by atomic mass is 16.3. The van der Waals surface area contributed by atoms with E-state index in [0.29, 0.717) is 5.56 Å². The van der Waals surface area contributed by atoms with Gasteiger partial charge in [-0.05, 0) is 43.0 Å². The van der Waals surface area contributed by atoms with Crippen molar-refractivity contribution in [3.8, 4) is 11.5 Å². The number of aryl methyl sites for hydroxylation is 1. The van der Waals surface area contributed by atoms with Crippen molar-refractivity contribution in [3.63, 3.8) is 0 Å². The molecule has 3 rings (SSSR count). The van der Waals surface area contributed by atoms with Gasteiger partial charge in [-0.2, -0.15) is 0 Å². The summed E-state index contributed by atoms with van der Waals surface area (Å²) < 4.78 is 0. The molecule has 0 spiro atoms. The van der Waals surface area contributed by atoms with Gasteiger partial charge in [0.05, 0.1) is 5.56 Å². The molecule has 1 aliphatic rings.